The van der Waals surface area contributed by atoms with Crippen LogP contribution in [0.25, 0.3) is 0 Å². The first-order valence-corrected chi connectivity index (χ1v) is 9.55. The lowest BCUT2D eigenvalue weighted by Gasteiger charge is -2.28. The molecule has 116 valence electrons. The smallest absolute Gasteiger partial charge is 0.237 e. The van der Waals surface area contributed by atoms with Gasteiger partial charge in [0.05, 0.1) is 17.5 Å². The Balaban J connectivity index is 1.78. The summed E-state index contributed by atoms with van der Waals surface area (Å²) in [6.07, 6.45) is 7.30. The van der Waals surface area contributed by atoms with Crippen LogP contribution in [0, 0.1) is 0 Å². The largest absolute Gasteiger partial charge is 0.352 e. The monoisotopic (exact) mass is 302 g/mol. The number of rotatable bonds is 4. The van der Waals surface area contributed by atoms with Crippen molar-refractivity contribution < 1.29 is 13.2 Å². The molecule has 2 unspecified atom stereocenters. The van der Waals surface area contributed by atoms with Crippen LogP contribution >= 0.6 is 0 Å². The number of sulfone groups is 1. The van der Waals surface area contributed by atoms with Gasteiger partial charge in [0, 0.05) is 12.1 Å². The maximum absolute atomic E-state index is 12.1. The predicted molar refractivity (Wildman–Crippen MR) is 79.3 cm³/mol. The fourth-order valence-electron chi connectivity index (χ4n) is 3.16. The van der Waals surface area contributed by atoms with Gasteiger partial charge >= 0.3 is 0 Å². The average Bonchev–Trinajstić information content (AvgIpc) is 2.38. The van der Waals surface area contributed by atoms with Crippen LogP contribution in [0.15, 0.2) is 0 Å². The summed E-state index contributed by atoms with van der Waals surface area (Å²) in [6.45, 7) is 1.82. The molecule has 2 atom stereocenters. The molecule has 2 fully saturated rings. The highest BCUT2D eigenvalue weighted by atomic mass is 32.2. The van der Waals surface area contributed by atoms with Crippen molar-refractivity contribution >= 4 is 15.7 Å². The number of carbonyl (C=O) groups excluding carboxylic acids is 1. The molecule has 0 spiro atoms. The van der Waals surface area contributed by atoms with Crippen LogP contribution in [0.4, 0.5) is 0 Å². The van der Waals surface area contributed by atoms with E-state index in [1.54, 1.807) is 0 Å². The Kier molecular flexibility index (Phi) is 5.43. The van der Waals surface area contributed by atoms with E-state index in [0.29, 0.717) is 12.5 Å². The lowest BCUT2D eigenvalue weighted by Crippen LogP contribution is -2.52. The zero-order valence-electron chi connectivity index (χ0n) is 12.2. The van der Waals surface area contributed by atoms with Crippen LogP contribution in [-0.2, 0) is 14.6 Å². The minimum absolute atomic E-state index is 0.000119. The summed E-state index contributed by atoms with van der Waals surface area (Å²) in [5.74, 6) is 0.446. The van der Waals surface area contributed by atoms with Crippen molar-refractivity contribution in [2.75, 3.05) is 11.5 Å². The van der Waals surface area contributed by atoms with E-state index >= 15 is 0 Å². The molecule has 0 aromatic carbocycles. The van der Waals surface area contributed by atoms with Crippen LogP contribution in [0.2, 0.25) is 0 Å². The minimum atomic E-state index is -2.92. The number of amides is 1. The molecular formula is C14H26N2O3S. The number of nitrogens with one attached hydrogen (secondary N) is 2. The zero-order chi connectivity index (χ0) is 14.6. The van der Waals surface area contributed by atoms with Gasteiger partial charge in [0.2, 0.25) is 5.91 Å². The van der Waals surface area contributed by atoms with Crippen molar-refractivity contribution in [3.8, 4) is 0 Å². The molecule has 20 heavy (non-hydrogen) atoms. The number of hydrogen-bond acceptors (Lipinski definition) is 4. The molecule has 1 amide bonds. The van der Waals surface area contributed by atoms with Gasteiger partial charge in [0.25, 0.3) is 0 Å². The van der Waals surface area contributed by atoms with Gasteiger partial charge in [-0.1, -0.05) is 19.3 Å². The van der Waals surface area contributed by atoms with Gasteiger partial charge in [-0.2, -0.15) is 0 Å². The first-order valence-electron chi connectivity index (χ1n) is 7.73. The Morgan fingerprint density at radius 1 is 1.05 bits per heavy atom. The van der Waals surface area contributed by atoms with Gasteiger partial charge < -0.3 is 10.6 Å². The molecule has 0 aromatic heterocycles. The summed E-state index contributed by atoms with van der Waals surface area (Å²) in [4.78, 5) is 12.1. The first kappa shape index (κ1) is 15.8. The van der Waals surface area contributed by atoms with Gasteiger partial charge in [-0.15, -0.1) is 0 Å². The van der Waals surface area contributed by atoms with E-state index in [1.165, 1.54) is 19.3 Å². The molecule has 2 N–H and O–H groups in total. The third-order valence-corrected chi connectivity index (χ3v) is 6.11. The molecule has 2 rings (SSSR count). The molecular weight excluding hydrogens is 276 g/mol. The van der Waals surface area contributed by atoms with Crippen molar-refractivity contribution in [3.05, 3.63) is 0 Å². The van der Waals surface area contributed by atoms with Gasteiger partial charge in [0.1, 0.15) is 0 Å². The summed E-state index contributed by atoms with van der Waals surface area (Å²) in [7, 11) is -2.92. The fourth-order valence-corrected chi connectivity index (χ4v) is 4.81. The van der Waals surface area contributed by atoms with Crippen molar-refractivity contribution in [2.45, 2.75) is 70.0 Å². The summed E-state index contributed by atoms with van der Waals surface area (Å²) in [5, 5.41) is 6.25. The van der Waals surface area contributed by atoms with E-state index in [1.807, 2.05) is 6.92 Å². The second-order valence-corrected chi connectivity index (χ2v) is 8.41. The van der Waals surface area contributed by atoms with E-state index < -0.39 is 9.84 Å². The van der Waals surface area contributed by atoms with E-state index in [9.17, 15) is 13.2 Å². The molecule has 2 aliphatic rings. The quantitative estimate of drug-likeness (QED) is 0.812. The highest BCUT2D eigenvalue weighted by Gasteiger charge is 2.27. The third kappa shape index (κ3) is 4.74. The summed E-state index contributed by atoms with van der Waals surface area (Å²) in [5.41, 5.74) is 0. The second-order valence-electron chi connectivity index (χ2n) is 6.19. The predicted octanol–water partition coefficient (Wildman–Crippen LogP) is 0.991. The molecule has 1 saturated carbocycles. The highest BCUT2D eigenvalue weighted by molar-refractivity contribution is 7.91. The van der Waals surface area contributed by atoms with Crippen molar-refractivity contribution in [1.82, 2.24) is 10.6 Å². The second kappa shape index (κ2) is 6.89. The van der Waals surface area contributed by atoms with Crippen LogP contribution in [-0.4, -0.2) is 44.0 Å². The van der Waals surface area contributed by atoms with Gasteiger partial charge in [-0.25, -0.2) is 8.42 Å². The maximum atomic E-state index is 12.1. The summed E-state index contributed by atoms with van der Waals surface area (Å²) in [6, 6.07) is -0.105. The molecule has 5 nitrogen and oxygen atoms in total. The highest BCUT2D eigenvalue weighted by Crippen LogP contribution is 2.17. The van der Waals surface area contributed by atoms with Crippen LogP contribution < -0.4 is 10.6 Å². The third-order valence-electron chi connectivity index (χ3n) is 4.29. The average molecular weight is 302 g/mol. The lowest BCUT2D eigenvalue weighted by atomic mass is 9.95. The van der Waals surface area contributed by atoms with E-state index in [0.717, 1.165) is 19.3 Å². The molecule has 1 heterocycles. The van der Waals surface area contributed by atoms with Gasteiger partial charge in [-0.05, 0) is 32.6 Å². The molecule has 1 aliphatic heterocycles. The Labute approximate surface area is 121 Å². The van der Waals surface area contributed by atoms with Crippen LogP contribution in [0.5, 0.6) is 0 Å². The normalized spacial score (nSPS) is 28.8. The SMILES string of the molecule is CC(NC1CCCS(=O)(=O)C1)C(=O)NC1CCCCC1. The Hall–Kier alpha value is -0.620. The Morgan fingerprint density at radius 3 is 2.35 bits per heavy atom. The zero-order valence-corrected chi connectivity index (χ0v) is 13.0. The first-order chi connectivity index (χ1) is 9.46. The topological polar surface area (TPSA) is 75.3 Å². The standard InChI is InChI=1S/C14H26N2O3S/c1-11(14(17)16-12-6-3-2-4-7-12)15-13-8-5-9-20(18,19)10-13/h11-13,15H,2-10H2,1H3,(H,16,17). The van der Waals surface area contributed by atoms with Crippen LogP contribution in [0.3, 0.4) is 0 Å². The molecule has 1 aliphatic carbocycles. The Morgan fingerprint density at radius 2 is 1.70 bits per heavy atom. The Bertz CT molecular complexity index is 430. The van der Waals surface area contributed by atoms with Crippen molar-refractivity contribution in [2.24, 2.45) is 0 Å². The molecule has 0 bridgehead atoms. The summed E-state index contributed by atoms with van der Waals surface area (Å²) < 4.78 is 23.2. The minimum Gasteiger partial charge on any atom is -0.352 e. The van der Waals surface area contributed by atoms with E-state index in [2.05, 4.69) is 10.6 Å². The summed E-state index contributed by atoms with van der Waals surface area (Å²) >= 11 is 0. The maximum Gasteiger partial charge on any atom is 0.237 e. The molecule has 6 heteroatoms. The molecule has 0 radical (unpaired) electrons. The van der Waals surface area contributed by atoms with Gasteiger partial charge in [-0.3, -0.25) is 4.79 Å². The molecule has 0 aromatic rings. The van der Waals surface area contributed by atoms with Gasteiger partial charge in [0.15, 0.2) is 9.84 Å². The fraction of sp³-hybridized carbons (Fsp3) is 0.929. The lowest BCUT2D eigenvalue weighted by molar-refractivity contribution is -0.123. The molecule has 1 saturated heterocycles. The van der Waals surface area contributed by atoms with E-state index in [-0.39, 0.29) is 29.5 Å². The van der Waals surface area contributed by atoms with Crippen molar-refractivity contribution in [3.63, 3.8) is 0 Å². The van der Waals surface area contributed by atoms with Crippen molar-refractivity contribution in [1.29, 1.82) is 0 Å². The number of carbonyl (C=O) groups is 1. The number of hydrogen-bond donors (Lipinski definition) is 2. The van der Waals surface area contributed by atoms with E-state index in [4.69, 9.17) is 0 Å². The van der Waals surface area contributed by atoms with Crippen LogP contribution in [0.1, 0.15) is 51.9 Å².